The number of carbonyl (C=O) groups is 1. The lowest BCUT2D eigenvalue weighted by Crippen LogP contribution is -2.13. The van der Waals surface area contributed by atoms with Gasteiger partial charge in [0, 0.05) is 17.8 Å². The highest BCUT2D eigenvalue weighted by Crippen LogP contribution is 2.20. The quantitative estimate of drug-likeness (QED) is 0.240. The van der Waals surface area contributed by atoms with E-state index >= 15 is 0 Å². The maximum absolute atomic E-state index is 12.5. The molecule has 0 unspecified atom stereocenters. The second-order valence-electron chi connectivity index (χ2n) is 6.64. The van der Waals surface area contributed by atoms with Gasteiger partial charge in [-0.05, 0) is 65.7 Å². The summed E-state index contributed by atoms with van der Waals surface area (Å²) in [5.74, 6) is 0.657. The number of carbonyl (C=O) groups excluding carboxylic acids is 1. The van der Waals surface area contributed by atoms with Gasteiger partial charge in [-0.3, -0.25) is 14.9 Å². The Morgan fingerprint density at radius 1 is 1.09 bits per heavy atom. The zero-order valence-corrected chi connectivity index (χ0v) is 17.1. The van der Waals surface area contributed by atoms with Gasteiger partial charge in [0.1, 0.15) is 29.7 Å². The van der Waals surface area contributed by atoms with Crippen molar-refractivity contribution >= 4 is 23.4 Å². The molecule has 0 aliphatic heterocycles. The number of nitro groups is 1. The van der Waals surface area contributed by atoms with Gasteiger partial charge in [0.2, 0.25) is 0 Å². The van der Waals surface area contributed by atoms with Crippen molar-refractivity contribution < 1.29 is 19.2 Å². The average Bonchev–Trinajstić information content (AvgIpc) is 2.82. The third kappa shape index (κ3) is 5.93. The molecule has 32 heavy (non-hydrogen) atoms. The normalized spacial score (nSPS) is 10.7. The third-order valence-electron chi connectivity index (χ3n) is 4.43. The van der Waals surface area contributed by atoms with Crippen molar-refractivity contribution in [1.82, 2.24) is 0 Å². The minimum atomic E-state index is -0.533. The molecule has 3 rings (SSSR count). The van der Waals surface area contributed by atoms with Crippen LogP contribution in [0.15, 0.2) is 78.4 Å². The second-order valence-corrected chi connectivity index (χ2v) is 6.64. The molecule has 3 aromatic carbocycles. The molecule has 1 N–H and O–H groups in total. The number of nitrogens with zero attached hydrogens (tertiary/aromatic N) is 2. The van der Waals surface area contributed by atoms with E-state index in [2.05, 4.69) is 5.32 Å². The van der Waals surface area contributed by atoms with Gasteiger partial charge in [-0.25, -0.2) is 0 Å². The lowest BCUT2D eigenvalue weighted by Gasteiger charge is -2.08. The van der Waals surface area contributed by atoms with Gasteiger partial charge in [0.15, 0.2) is 0 Å². The molecule has 0 aliphatic rings. The van der Waals surface area contributed by atoms with Crippen LogP contribution in [0, 0.1) is 21.4 Å². The molecule has 0 heterocycles. The Kier molecular flexibility index (Phi) is 7.17. The number of amides is 1. The predicted octanol–water partition coefficient (Wildman–Crippen LogP) is 4.73. The molecule has 0 saturated carbocycles. The first-order chi connectivity index (χ1) is 15.5. The van der Waals surface area contributed by atoms with Crippen LogP contribution in [0.1, 0.15) is 11.1 Å². The number of anilines is 1. The zero-order chi connectivity index (χ0) is 22.9. The average molecular weight is 429 g/mol. The highest BCUT2D eigenvalue weighted by atomic mass is 16.6. The number of nitriles is 1. The number of ether oxygens (including phenoxy) is 2. The molecule has 0 atom stereocenters. The van der Waals surface area contributed by atoms with Crippen molar-refractivity contribution in [3.05, 3.63) is 99.6 Å². The highest BCUT2D eigenvalue weighted by molar-refractivity contribution is 6.09. The number of benzene rings is 3. The minimum absolute atomic E-state index is 0.0119. The van der Waals surface area contributed by atoms with E-state index in [0.29, 0.717) is 22.7 Å². The molecular weight excluding hydrogens is 410 g/mol. The van der Waals surface area contributed by atoms with Crippen molar-refractivity contribution in [3.63, 3.8) is 0 Å². The van der Waals surface area contributed by atoms with Gasteiger partial charge in [-0.15, -0.1) is 0 Å². The van der Waals surface area contributed by atoms with Crippen LogP contribution in [-0.4, -0.2) is 17.9 Å². The Hall–Kier alpha value is -4.64. The fraction of sp³-hybridized carbons (Fsp3) is 0.0833. The lowest BCUT2D eigenvalue weighted by atomic mass is 10.1. The summed E-state index contributed by atoms with van der Waals surface area (Å²) < 4.78 is 10.8. The van der Waals surface area contributed by atoms with Crippen molar-refractivity contribution in [2.75, 3.05) is 12.4 Å². The zero-order valence-electron chi connectivity index (χ0n) is 17.1. The Morgan fingerprint density at radius 2 is 1.81 bits per heavy atom. The second kappa shape index (κ2) is 10.4. The van der Waals surface area contributed by atoms with E-state index < -0.39 is 10.8 Å². The van der Waals surface area contributed by atoms with Crippen LogP contribution in [0.3, 0.4) is 0 Å². The van der Waals surface area contributed by atoms with E-state index in [1.807, 2.05) is 6.07 Å². The fourth-order valence-electron chi connectivity index (χ4n) is 2.76. The maximum atomic E-state index is 12.5. The van der Waals surface area contributed by atoms with Gasteiger partial charge in [0.25, 0.3) is 11.6 Å². The first-order valence-corrected chi connectivity index (χ1v) is 9.52. The molecule has 8 nitrogen and oxygen atoms in total. The van der Waals surface area contributed by atoms with Gasteiger partial charge in [0.05, 0.1) is 12.0 Å². The Labute approximate surface area is 184 Å². The molecule has 0 aromatic heterocycles. The minimum Gasteiger partial charge on any atom is -0.497 e. The van der Waals surface area contributed by atoms with Crippen LogP contribution in [0.2, 0.25) is 0 Å². The third-order valence-corrected chi connectivity index (χ3v) is 4.43. The summed E-state index contributed by atoms with van der Waals surface area (Å²) in [7, 11) is 1.55. The molecule has 0 saturated heterocycles. The van der Waals surface area contributed by atoms with Gasteiger partial charge < -0.3 is 14.8 Å². The Balaban J connectivity index is 1.67. The molecular formula is C24H19N3O5. The van der Waals surface area contributed by atoms with Gasteiger partial charge in [-0.1, -0.05) is 12.1 Å². The van der Waals surface area contributed by atoms with E-state index in [9.17, 15) is 20.2 Å². The van der Waals surface area contributed by atoms with E-state index in [0.717, 1.165) is 5.56 Å². The van der Waals surface area contributed by atoms with E-state index in [1.165, 1.54) is 18.2 Å². The van der Waals surface area contributed by atoms with Crippen molar-refractivity contribution in [2.24, 2.45) is 0 Å². The first-order valence-electron chi connectivity index (χ1n) is 9.52. The molecule has 0 bridgehead atoms. The topological polar surface area (TPSA) is 114 Å². The fourth-order valence-corrected chi connectivity index (χ4v) is 2.76. The Morgan fingerprint density at radius 3 is 2.44 bits per heavy atom. The van der Waals surface area contributed by atoms with Crippen molar-refractivity contribution in [1.29, 1.82) is 5.26 Å². The molecule has 0 aliphatic carbocycles. The molecule has 0 radical (unpaired) electrons. The highest BCUT2D eigenvalue weighted by Gasteiger charge is 2.10. The summed E-state index contributed by atoms with van der Waals surface area (Å²) in [5, 5.41) is 22.8. The van der Waals surface area contributed by atoms with Crippen LogP contribution in [0.25, 0.3) is 6.08 Å². The monoisotopic (exact) mass is 429 g/mol. The summed E-state index contributed by atoms with van der Waals surface area (Å²) in [5.41, 5.74) is 1.88. The predicted molar refractivity (Wildman–Crippen MR) is 119 cm³/mol. The smallest absolute Gasteiger partial charge is 0.269 e. The van der Waals surface area contributed by atoms with Crippen molar-refractivity contribution in [3.8, 4) is 17.6 Å². The number of non-ortho nitro benzene ring substituents is 1. The lowest BCUT2D eigenvalue weighted by molar-refractivity contribution is -0.384. The van der Waals surface area contributed by atoms with Crippen LogP contribution < -0.4 is 14.8 Å². The van der Waals surface area contributed by atoms with Crippen LogP contribution >= 0.6 is 0 Å². The molecule has 0 fully saturated rings. The molecule has 8 heteroatoms. The first kappa shape index (κ1) is 22.1. The van der Waals surface area contributed by atoms with E-state index in [-0.39, 0.29) is 17.9 Å². The summed E-state index contributed by atoms with van der Waals surface area (Å²) in [6.45, 7) is 0.216. The Bertz CT molecular complexity index is 1180. The van der Waals surface area contributed by atoms with Crippen LogP contribution in [0.5, 0.6) is 11.5 Å². The largest absolute Gasteiger partial charge is 0.497 e. The number of nitro benzene ring substituents is 1. The molecule has 1 amide bonds. The summed E-state index contributed by atoms with van der Waals surface area (Å²) in [6, 6.07) is 21.7. The molecule has 160 valence electrons. The number of rotatable bonds is 8. The van der Waals surface area contributed by atoms with Crippen LogP contribution in [-0.2, 0) is 11.4 Å². The SMILES string of the molecule is COc1ccc(NC(=O)/C(C#N)=C\c2cccc(OCc3ccc([N+](=O)[O-])cc3)c2)cc1. The van der Waals surface area contributed by atoms with Gasteiger partial charge >= 0.3 is 0 Å². The molecule has 0 spiro atoms. The number of methoxy groups -OCH3 is 1. The van der Waals surface area contributed by atoms with E-state index in [1.54, 1.807) is 67.8 Å². The van der Waals surface area contributed by atoms with Gasteiger partial charge in [-0.2, -0.15) is 5.26 Å². The summed E-state index contributed by atoms with van der Waals surface area (Å²) in [4.78, 5) is 22.7. The summed E-state index contributed by atoms with van der Waals surface area (Å²) >= 11 is 0. The number of hydrogen-bond donors (Lipinski definition) is 1. The van der Waals surface area contributed by atoms with Crippen LogP contribution in [0.4, 0.5) is 11.4 Å². The van der Waals surface area contributed by atoms with E-state index in [4.69, 9.17) is 9.47 Å². The number of nitrogens with one attached hydrogen (secondary N) is 1. The number of hydrogen-bond acceptors (Lipinski definition) is 6. The summed E-state index contributed by atoms with van der Waals surface area (Å²) in [6.07, 6.45) is 1.47. The maximum Gasteiger partial charge on any atom is 0.269 e. The van der Waals surface area contributed by atoms with Crippen molar-refractivity contribution in [2.45, 2.75) is 6.61 Å². The standard InChI is InChI=1S/C24H19N3O5/c1-31-22-11-7-20(8-12-22)26-24(28)19(15-25)13-18-3-2-4-23(14-18)32-16-17-5-9-21(10-6-17)27(29)30/h2-14H,16H2,1H3,(H,26,28)/b19-13-. The molecule has 3 aromatic rings.